The number of aromatic nitrogens is 2. The first-order valence-corrected chi connectivity index (χ1v) is 9.16. The molecule has 0 aliphatic carbocycles. The van der Waals surface area contributed by atoms with E-state index >= 15 is 0 Å². The van der Waals surface area contributed by atoms with E-state index in [9.17, 15) is 4.79 Å². The predicted octanol–water partition coefficient (Wildman–Crippen LogP) is 4.43. The van der Waals surface area contributed by atoms with Gasteiger partial charge in [0.2, 0.25) is 0 Å². The number of para-hydroxylation sites is 1. The molecule has 2 heterocycles. The smallest absolute Gasteiger partial charge is 0.349 e. The van der Waals surface area contributed by atoms with Crippen LogP contribution in [0.2, 0.25) is 0 Å². The number of fused-ring (bicyclic) bond motifs is 1. The Hall–Kier alpha value is -3.61. The summed E-state index contributed by atoms with van der Waals surface area (Å²) in [6.45, 7) is 5.93. The third-order valence-electron chi connectivity index (χ3n) is 4.53. The minimum absolute atomic E-state index is 0.113. The highest BCUT2D eigenvalue weighted by molar-refractivity contribution is 5.83. The van der Waals surface area contributed by atoms with Gasteiger partial charge in [-0.2, -0.15) is 0 Å². The van der Waals surface area contributed by atoms with Crippen LogP contribution < -0.4 is 15.8 Å². The Bertz CT molecular complexity index is 1150. The average Bonchev–Trinajstić information content (AvgIpc) is 3.17. The van der Waals surface area contributed by atoms with Crippen molar-refractivity contribution in [2.75, 3.05) is 23.3 Å². The molecule has 4 rings (SSSR count). The first kappa shape index (κ1) is 17.8. The van der Waals surface area contributed by atoms with Gasteiger partial charge in [0.05, 0.1) is 0 Å². The second kappa shape index (κ2) is 7.56. The van der Waals surface area contributed by atoms with E-state index in [1.54, 1.807) is 6.07 Å². The van der Waals surface area contributed by atoms with E-state index in [1.807, 2.05) is 48.5 Å². The molecule has 0 unspecified atom stereocenters. The van der Waals surface area contributed by atoms with Crippen molar-refractivity contribution < 1.29 is 8.83 Å². The van der Waals surface area contributed by atoms with Crippen LogP contribution in [-0.2, 0) is 0 Å². The molecule has 0 amide bonds. The fourth-order valence-electron chi connectivity index (χ4n) is 3.06. The normalized spacial score (nSPS) is 10.9. The predicted molar refractivity (Wildman–Crippen MR) is 109 cm³/mol. The van der Waals surface area contributed by atoms with Crippen LogP contribution in [0.1, 0.15) is 13.8 Å². The lowest BCUT2D eigenvalue weighted by molar-refractivity contribution is 0.548. The van der Waals surface area contributed by atoms with Crippen LogP contribution in [-0.4, -0.2) is 23.3 Å². The summed E-state index contributed by atoms with van der Waals surface area (Å²) in [5.41, 5.74) is 2.07. The molecule has 0 fully saturated rings. The van der Waals surface area contributed by atoms with E-state index in [1.165, 1.54) is 0 Å². The molecule has 4 aromatic rings. The first-order valence-electron chi connectivity index (χ1n) is 9.16. The molecule has 2 aromatic carbocycles. The molecule has 2 aromatic heterocycles. The van der Waals surface area contributed by atoms with Crippen molar-refractivity contribution in [1.82, 2.24) is 10.2 Å². The summed E-state index contributed by atoms with van der Waals surface area (Å²) in [6.07, 6.45) is 0. The molecule has 142 valence electrons. The van der Waals surface area contributed by atoms with Crippen molar-refractivity contribution >= 4 is 28.4 Å². The van der Waals surface area contributed by atoms with Gasteiger partial charge in [-0.05, 0) is 44.2 Å². The van der Waals surface area contributed by atoms with E-state index in [0.29, 0.717) is 5.58 Å². The van der Waals surface area contributed by atoms with Gasteiger partial charge in [-0.25, -0.2) is 4.79 Å². The zero-order valence-electron chi connectivity index (χ0n) is 15.7. The highest BCUT2D eigenvalue weighted by atomic mass is 16.4. The summed E-state index contributed by atoms with van der Waals surface area (Å²) in [6, 6.07) is 17.2. The lowest BCUT2D eigenvalue weighted by Crippen LogP contribution is -2.21. The fourth-order valence-corrected chi connectivity index (χ4v) is 3.06. The minimum Gasteiger partial charge on any atom is -0.422 e. The van der Waals surface area contributed by atoms with Crippen molar-refractivity contribution in [3.05, 3.63) is 65.0 Å². The molecule has 7 nitrogen and oxygen atoms in total. The van der Waals surface area contributed by atoms with Gasteiger partial charge in [0, 0.05) is 35.9 Å². The van der Waals surface area contributed by atoms with Crippen LogP contribution in [0.3, 0.4) is 0 Å². The number of nitrogens with one attached hydrogen (secondary N) is 1. The van der Waals surface area contributed by atoms with Crippen LogP contribution in [0, 0.1) is 0 Å². The first-order chi connectivity index (χ1) is 13.7. The topological polar surface area (TPSA) is 84.4 Å². The van der Waals surface area contributed by atoms with Crippen molar-refractivity contribution in [3.63, 3.8) is 0 Å². The summed E-state index contributed by atoms with van der Waals surface area (Å²) in [7, 11) is 0. The van der Waals surface area contributed by atoms with Crippen LogP contribution in [0.15, 0.2) is 68.2 Å². The molecule has 7 heteroatoms. The highest BCUT2D eigenvalue weighted by Crippen LogP contribution is 2.26. The van der Waals surface area contributed by atoms with Gasteiger partial charge in [0.15, 0.2) is 0 Å². The maximum absolute atomic E-state index is 12.5. The van der Waals surface area contributed by atoms with E-state index in [4.69, 9.17) is 8.83 Å². The second-order valence-corrected chi connectivity index (χ2v) is 6.25. The maximum atomic E-state index is 12.5. The van der Waals surface area contributed by atoms with Crippen LogP contribution >= 0.6 is 0 Å². The van der Waals surface area contributed by atoms with Gasteiger partial charge < -0.3 is 19.1 Å². The van der Waals surface area contributed by atoms with Crippen LogP contribution in [0.25, 0.3) is 22.4 Å². The fraction of sp³-hybridized carbons (Fsp3) is 0.190. The summed E-state index contributed by atoms with van der Waals surface area (Å²) in [5.74, 6) is 0.113. The van der Waals surface area contributed by atoms with Gasteiger partial charge in [0.25, 0.3) is 5.89 Å². The second-order valence-electron chi connectivity index (χ2n) is 6.25. The summed E-state index contributed by atoms with van der Waals surface area (Å²) >= 11 is 0. The Kier molecular flexibility index (Phi) is 4.80. The number of hydrogen-bond donors (Lipinski definition) is 1. The van der Waals surface area contributed by atoms with Gasteiger partial charge in [-0.3, -0.25) is 0 Å². The summed E-state index contributed by atoms with van der Waals surface area (Å²) in [4.78, 5) is 14.7. The van der Waals surface area contributed by atoms with E-state index in [0.717, 1.165) is 29.9 Å². The van der Waals surface area contributed by atoms with Crippen LogP contribution in [0.4, 0.5) is 17.4 Å². The molecular formula is C21H20N4O3. The van der Waals surface area contributed by atoms with Gasteiger partial charge in [-0.1, -0.05) is 23.3 Å². The van der Waals surface area contributed by atoms with Crippen molar-refractivity contribution in [1.29, 1.82) is 0 Å². The SMILES string of the molecule is CCN(CC)c1ccc2cc(-c3nnc(Nc4ccccc4)o3)c(=O)oc2c1. The molecule has 0 saturated heterocycles. The standard InChI is InChI=1S/C21H20N4O3/c1-3-25(4-2)16-11-10-14-12-17(20(26)27-18(14)13-16)19-23-24-21(28-19)22-15-8-6-5-7-9-15/h5-13H,3-4H2,1-2H3,(H,22,24). The zero-order valence-corrected chi connectivity index (χ0v) is 15.7. The number of nitrogens with zero attached hydrogens (tertiary/aromatic N) is 3. The quantitative estimate of drug-likeness (QED) is 0.498. The third kappa shape index (κ3) is 3.46. The van der Waals surface area contributed by atoms with Crippen LogP contribution in [0.5, 0.6) is 0 Å². The largest absolute Gasteiger partial charge is 0.422 e. The van der Waals surface area contributed by atoms with E-state index < -0.39 is 5.63 Å². The summed E-state index contributed by atoms with van der Waals surface area (Å²) in [5, 5.41) is 11.7. The van der Waals surface area contributed by atoms with Crippen molar-refractivity contribution in [3.8, 4) is 11.5 Å². The Labute approximate surface area is 161 Å². The Morgan fingerprint density at radius 3 is 2.50 bits per heavy atom. The van der Waals surface area contributed by atoms with Gasteiger partial charge >= 0.3 is 11.6 Å². The van der Waals surface area contributed by atoms with E-state index in [-0.39, 0.29) is 17.5 Å². The lowest BCUT2D eigenvalue weighted by Gasteiger charge is -2.20. The van der Waals surface area contributed by atoms with Gasteiger partial charge in [0.1, 0.15) is 11.1 Å². The molecule has 0 bridgehead atoms. The number of hydrogen-bond acceptors (Lipinski definition) is 7. The average molecular weight is 376 g/mol. The molecule has 28 heavy (non-hydrogen) atoms. The molecule has 0 saturated carbocycles. The monoisotopic (exact) mass is 376 g/mol. The van der Waals surface area contributed by atoms with Crippen molar-refractivity contribution in [2.45, 2.75) is 13.8 Å². The zero-order chi connectivity index (χ0) is 19.5. The molecule has 0 atom stereocenters. The van der Waals surface area contributed by atoms with Crippen molar-refractivity contribution in [2.24, 2.45) is 0 Å². The minimum atomic E-state index is -0.515. The van der Waals surface area contributed by atoms with E-state index in [2.05, 4.69) is 34.3 Å². The molecule has 0 spiro atoms. The Balaban J connectivity index is 1.67. The Morgan fingerprint density at radius 1 is 0.964 bits per heavy atom. The number of rotatable bonds is 6. The molecular weight excluding hydrogens is 356 g/mol. The highest BCUT2D eigenvalue weighted by Gasteiger charge is 2.16. The lowest BCUT2D eigenvalue weighted by atomic mass is 10.1. The number of anilines is 3. The molecule has 0 aliphatic rings. The van der Waals surface area contributed by atoms with Gasteiger partial charge in [-0.15, -0.1) is 5.10 Å². The summed E-state index contributed by atoms with van der Waals surface area (Å²) < 4.78 is 11.1. The third-order valence-corrected chi connectivity index (χ3v) is 4.53. The molecule has 0 aliphatic heterocycles. The maximum Gasteiger partial charge on any atom is 0.349 e. The molecule has 0 radical (unpaired) electrons. The number of benzene rings is 2. The molecule has 1 N–H and O–H groups in total. The Morgan fingerprint density at radius 2 is 1.75 bits per heavy atom.